The van der Waals surface area contributed by atoms with Crippen LogP contribution in [0.2, 0.25) is 0 Å². The Hall–Kier alpha value is -0.940. The molecule has 5 heteroatoms. The Morgan fingerprint density at radius 1 is 1.17 bits per heavy atom. The largest absolute Gasteiger partial charge is 0.388 e. The van der Waals surface area contributed by atoms with E-state index in [1.165, 1.54) is 0 Å². The van der Waals surface area contributed by atoms with E-state index >= 15 is 0 Å². The molecule has 1 aromatic rings. The lowest BCUT2D eigenvalue weighted by Gasteiger charge is -2.24. The zero-order valence-electron chi connectivity index (χ0n) is 12.1. The molecule has 0 amide bonds. The second kappa shape index (κ2) is 6.85. The predicted molar refractivity (Wildman–Crippen MR) is 70.2 cm³/mol. The first-order valence-electron chi connectivity index (χ1n) is 6.54. The molecule has 0 fully saturated rings. The Labute approximate surface area is 109 Å². The van der Waals surface area contributed by atoms with Crippen LogP contribution >= 0.6 is 0 Å². The van der Waals surface area contributed by atoms with Gasteiger partial charge in [-0.2, -0.15) is 0 Å². The van der Waals surface area contributed by atoms with Crippen LogP contribution in [0.1, 0.15) is 45.3 Å². The Bertz CT molecular complexity index is 353. The average Bonchev–Trinajstić information content (AvgIpc) is 2.68. The van der Waals surface area contributed by atoms with Crippen molar-refractivity contribution in [2.75, 3.05) is 13.7 Å². The van der Waals surface area contributed by atoms with Gasteiger partial charge in [0.15, 0.2) is 5.82 Å². The van der Waals surface area contributed by atoms with E-state index in [2.05, 4.69) is 37.9 Å². The fourth-order valence-corrected chi connectivity index (χ4v) is 2.50. The van der Waals surface area contributed by atoms with Gasteiger partial charge < -0.3 is 14.4 Å². The summed E-state index contributed by atoms with van der Waals surface area (Å²) in [4.78, 5) is 0. The molecule has 0 aliphatic rings. The van der Waals surface area contributed by atoms with Gasteiger partial charge in [0, 0.05) is 19.6 Å². The van der Waals surface area contributed by atoms with Crippen molar-refractivity contribution in [3.63, 3.8) is 0 Å². The van der Waals surface area contributed by atoms with Gasteiger partial charge in [-0.15, -0.1) is 10.2 Å². The Morgan fingerprint density at radius 3 is 2.22 bits per heavy atom. The first-order chi connectivity index (χ1) is 8.52. The smallest absolute Gasteiger partial charge is 0.158 e. The molecule has 1 N–H and O–H groups in total. The number of rotatable bonds is 7. The first kappa shape index (κ1) is 15.1. The van der Waals surface area contributed by atoms with E-state index in [-0.39, 0.29) is 6.61 Å². The molecule has 0 aliphatic carbocycles. The van der Waals surface area contributed by atoms with Crippen molar-refractivity contribution in [3.8, 4) is 0 Å². The summed E-state index contributed by atoms with van der Waals surface area (Å²) in [5.74, 6) is 2.90. The summed E-state index contributed by atoms with van der Waals surface area (Å²) < 4.78 is 7.11. The van der Waals surface area contributed by atoms with Gasteiger partial charge >= 0.3 is 0 Å². The molecule has 1 rings (SSSR count). The number of methoxy groups -OCH3 is 1. The molecule has 1 heterocycles. The Kier molecular flexibility index (Phi) is 5.75. The summed E-state index contributed by atoms with van der Waals surface area (Å²) in [6, 6.07) is 0. The summed E-state index contributed by atoms with van der Waals surface area (Å²) in [5, 5.41) is 17.7. The van der Waals surface area contributed by atoms with Crippen LogP contribution in [0.15, 0.2) is 0 Å². The van der Waals surface area contributed by atoms with E-state index in [9.17, 15) is 5.11 Å². The average molecular weight is 255 g/mol. The number of aliphatic hydroxyl groups excluding tert-OH is 1. The van der Waals surface area contributed by atoms with Crippen LogP contribution in [-0.2, 0) is 17.9 Å². The molecule has 1 aromatic heterocycles. The molecule has 0 aromatic carbocycles. The molecule has 0 radical (unpaired) electrons. The molecule has 0 bridgehead atoms. The van der Waals surface area contributed by atoms with Crippen LogP contribution in [-0.4, -0.2) is 33.6 Å². The fraction of sp³-hybridized carbons (Fsp3) is 0.846. The standard InChI is InChI=1S/C13H25N3O2/c1-9(2)12(10(3)4)13-15-14-11(8-17)16(13)6-7-18-5/h9-10,12,17H,6-8H2,1-5H3. The quantitative estimate of drug-likeness (QED) is 0.807. The van der Waals surface area contributed by atoms with Crippen LogP contribution < -0.4 is 0 Å². The third kappa shape index (κ3) is 3.29. The fourth-order valence-electron chi connectivity index (χ4n) is 2.50. The van der Waals surface area contributed by atoms with Crippen molar-refractivity contribution < 1.29 is 9.84 Å². The zero-order valence-corrected chi connectivity index (χ0v) is 12.1. The topological polar surface area (TPSA) is 60.2 Å². The maximum absolute atomic E-state index is 9.33. The van der Waals surface area contributed by atoms with E-state index in [0.717, 1.165) is 5.82 Å². The number of aliphatic hydroxyl groups is 1. The van der Waals surface area contributed by atoms with Gasteiger partial charge in [-0.3, -0.25) is 0 Å². The summed E-state index contributed by atoms with van der Waals surface area (Å²) in [6.45, 7) is 9.97. The molecule has 0 unspecified atom stereocenters. The van der Waals surface area contributed by atoms with Gasteiger partial charge in [-0.25, -0.2) is 0 Å². The van der Waals surface area contributed by atoms with Crippen molar-refractivity contribution in [1.82, 2.24) is 14.8 Å². The van der Waals surface area contributed by atoms with Gasteiger partial charge in [0.2, 0.25) is 0 Å². The molecule has 0 aliphatic heterocycles. The number of ether oxygens (including phenoxy) is 1. The molecule has 104 valence electrons. The lowest BCUT2D eigenvalue weighted by molar-refractivity contribution is 0.179. The highest BCUT2D eigenvalue weighted by Gasteiger charge is 2.26. The van der Waals surface area contributed by atoms with Crippen LogP contribution in [0.3, 0.4) is 0 Å². The third-order valence-electron chi connectivity index (χ3n) is 3.25. The molecule has 0 saturated carbocycles. The lowest BCUT2D eigenvalue weighted by Crippen LogP contribution is -2.21. The van der Waals surface area contributed by atoms with Crippen molar-refractivity contribution in [3.05, 3.63) is 11.6 Å². The van der Waals surface area contributed by atoms with Gasteiger partial charge in [0.05, 0.1) is 6.61 Å². The molecule has 0 atom stereocenters. The molecule has 0 spiro atoms. The summed E-state index contributed by atoms with van der Waals surface area (Å²) in [6.07, 6.45) is 0. The normalized spacial score (nSPS) is 12.1. The SMILES string of the molecule is COCCn1c(CO)nnc1C(C(C)C)C(C)C. The minimum Gasteiger partial charge on any atom is -0.388 e. The highest BCUT2D eigenvalue weighted by atomic mass is 16.5. The van der Waals surface area contributed by atoms with E-state index in [4.69, 9.17) is 4.74 Å². The highest BCUT2D eigenvalue weighted by Crippen LogP contribution is 2.30. The highest BCUT2D eigenvalue weighted by molar-refractivity contribution is 5.04. The van der Waals surface area contributed by atoms with E-state index in [1.807, 2.05) is 4.57 Å². The minimum absolute atomic E-state index is 0.0837. The predicted octanol–water partition coefficient (Wildman–Crippen LogP) is 1.81. The second-order valence-corrected chi connectivity index (χ2v) is 5.29. The Balaban J connectivity index is 3.09. The first-order valence-corrected chi connectivity index (χ1v) is 6.54. The van der Waals surface area contributed by atoms with Crippen LogP contribution in [0.5, 0.6) is 0 Å². The van der Waals surface area contributed by atoms with Gasteiger partial charge in [0.25, 0.3) is 0 Å². The number of nitrogens with zero attached hydrogens (tertiary/aromatic N) is 3. The zero-order chi connectivity index (χ0) is 13.7. The van der Waals surface area contributed by atoms with Gasteiger partial charge in [-0.05, 0) is 11.8 Å². The molecular formula is C13H25N3O2. The number of hydrogen-bond donors (Lipinski definition) is 1. The molecular weight excluding hydrogens is 230 g/mol. The maximum Gasteiger partial charge on any atom is 0.158 e. The summed E-state index contributed by atoms with van der Waals surface area (Å²) in [5.41, 5.74) is 0. The monoisotopic (exact) mass is 255 g/mol. The van der Waals surface area contributed by atoms with E-state index in [0.29, 0.717) is 36.7 Å². The van der Waals surface area contributed by atoms with Crippen molar-refractivity contribution in [2.24, 2.45) is 11.8 Å². The summed E-state index contributed by atoms with van der Waals surface area (Å²) in [7, 11) is 1.67. The molecule has 5 nitrogen and oxygen atoms in total. The number of aromatic nitrogens is 3. The summed E-state index contributed by atoms with van der Waals surface area (Å²) >= 11 is 0. The van der Waals surface area contributed by atoms with Crippen molar-refractivity contribution in [2.45, 2.75) is 46.8 Å². The third-order valence-corrected chi connectivity index (χ3v) is 3.25. The van der Waals surface area contributed by atoms with E-state index in [1.54, 1.807) is 7.11 Å². The Morgan fingerprint density at radius 2 is 1.78 bits per heavy atom. The molecule has 18 heavy (non-hydrogen) atoms. The van der Waals surface area contributed by atoms with Gasteiger partial charge in [0.1, 0.15) is 12.4 Å². The van der Waals surface area contributed by atoms with Gasteiger partial charge in [-0.1, -0.05) is 27.7 Å². The van der Waals surface area contributed by atoms with Crippen LogP contribution in [0.25, 0.3) is 0 Å². The number of hydrogen-bond acceptors (Lipinski definition) is 4. The van der Waals surface area contributed by atoms with E-state index < -0.39 is 0 Å². The second-order valence-electron chi connectivity index (χ2n) is 5.29. The van der Waals surface area contributed by atoms with Crippen molar-refractivity contribution >= 4 is 0 Å². The van der Waals surface area contributed by atoms with Crippen LogP contribution in [0.4, 0.5) is 0 Å². The minimum atomic E-state index is -0.0837. The van der Waals surface area contributed by atoms with Crippen LogP contribution in [0, 0.1) is 11.8 Å². The van der Waals surface area contributed by atoms with Crippen molar-refractivity contribution in [1.29, 1.82) is 0 Å². The lowest BCUT2D eigenvalue weighted by atomic mass is 9.85. The maximum atomic E-state index is 9.33. The molecule has 0 saturated heterocycles.